The van der Waals surface area contributed by atoms with Crippen molar-refractivity contribution in [2.45, 2.75) is 26.2 Å². The lowest BCUT2D eigenvalue weighted by Gasteiger charge is -2.11. The highest BCUT2D eigenvalue weighted by molar-refractivity contribution is 7.08. The highest BCUT2D eigenvalue weighted by Gasteiger charge is 2.14. The Balaban J connectivity index is 0.00000256. The molecule has 1 unspecified atom stereocenters. The Morgan fingerprint density at radius 2 is 2.18 bits per heavy atom. The van der Waals surface area contributed by atoms with Gasteiger partial charge in [0, 0.05) is 13.1 Å². The van der Waals surface area contributed by atoms with Crippen molar-refractivity contribution in [2.75, 3.05) is 19.6 Å². The van der Waals surface area contributed by atoms with Crippen LogP contribution in [0.5, 0.6) is 0 Å². The molecule has 98 valence electrons. The van der Waals surface area contributed by atoms with Crippen LogP contribution < -0.4 is 10.6 Å². The second-order valence-corrected chi connectivity index (χ2v) is 4.60. The van der Waals surface area contributed by atoms with Crippen LogP contribution in [0.1, 0.15) is 31.7 Å². The zero-order chi connectivity index (χ0) is 11.8. The van der Waals surface area contributed by atoms with Crippen LogP contribution in [-0.2, 0) is 4.79 Å². The van der Waals surface area contributed by atoms with E-state index in [4.69, 9.17) is 0 Å². The van der Waals surface area contributed by atoms with Crippen molar-refractivity contribution in [2.24, 2.45) is 0 Å². The van der Waals surface area contributed by atoms with E-state index in [1.54, 1.807) is 11.3 Å². The number of thiophene rings is 1. The van der Waals surface area contributed by atoms with Crippen LogP contribution in [0.25, 0.3) is 0 Å². The van der Waals surface area contributed by atoms with Crippen LogP contribution in [-0.4, -0.2) is 25.5 Å². The Bertz CT molecular complexity index is 303. The van der Waals surface area contributed by atoms with Gasteiger partial charge in [0.15, 0.2) is 0 Å². The number of nitrogens with one attached hydrogen (secondary N) is 2. The quantitative estimate of drug-likeness (QED) is 0.751. The van der Waals surface area contributed by atoms with Crippen LogP contribution in [0.3, 0.4) is 0 Å². The molecule has 0 spiro atoms. The minimum absolute atomic E-state index is 0. The van der Waals surface area contributed by atoms with Gasteiger partial charge in [0.1, 0.15) is 0 Å². The maximum absolute atomic E-state index is 11.7. The lowest BCUT2D eigenvalue weighted by molar-refractivity contribution is -0.122. The molecule has 1 aromatic rings. The fourth-order valence-electron chi connectivity index (χ4n) is 1.40. The van der Waals surface area contributed by atoms with E-state index < -0.39 is 0 Å². The van der Waals surface area contributed by atoms with Crippen LogP contribution >= 0.6 is 23.7 Å². The fraction of sp³-hybridized carbons (Fsp3) is 0.583. The average Bonchev–Trinajstić information content (AvgIpc) is 2.81. The summed E-state index contributed by atoms with van der Waals surface area (Å²) in [6.45, 7) is 6.63. The summed E-state index contributed by atoms with van der Waals surface area (Å²) in [5.41, 5.74) is 1.10. The molecule has 17 heavy (non-hydrogen) atoms. The Morgan fingerprint density at radius 1 is 1.41 bits per heavy atom. The lowest BCUT2D eigenvalue weighted by Crippen LogP contribution is -2.34. The van der Waals surface area contributed by atoms with E-state index >= 15 is 0 Å². The second kappa shape index (κ2) is 9.45. The number of carbonyl (C=O) groups excluding carboxylic acids is 1. The molecule has 3 nitrogen and oxygen atoms in total. The Hall–Kier alpha value is -0.580. The molecule has 1 heterocycles. The number of hydrogen-bond acceptors (Lipinski definition) is 3. The molecule has 1 rings (SSSR count). The molecular weight excluding hydrogens is 256 g/mol. The van der Waals surface area contributed by atoms with Gasteiger partial charge in [0.05, 0.1) is 5.92 Å². The molecule has 0 fully saturated rings. The van der Waals surface area contributed by atoms with Crippen molar-refractivity contribution in [3.8, 4) is 0 Å². The third kappa shape index (κ3) is 6.05. The Labute approximate surface area is 113 Å². The number of halogens is 1. The number of rotatable bonds is 7. The summed E-state index contributed by atoms with van der Waals surface area (Å²) in [4.78, 5) is 11.7. The predicted octanol–water partition coefficient (Wildman–Crippen LogP) is 2.39. The van der Waals surface area contributed by atoms with E-state index in [0.717, 1.165) is 25.1 Å². The molecule has 0 aliphatic carbocycles. The summed E-state index contributed by atoms with van der Waals surface area (Å²) < 4.78 is 0. The summed E-state index contributed by atoms with van der Waals surface area (Å²) in [5.74, 6) is 0.0640. The van der Waals surface area contributed by atoms with Gasteiger partial charge in [-0.15, -0.1) is 12.4 Å². The fourth-order valence-corrected chi connectivity index (χ4v) is 2.16. The molecule has 0 saturated carbocycles. The molecule has 0 aliphatic heterocycles. The molecule has 0 saturated heterocycles. The first-order chi connectivity index (χ1) is 7.75. The summed E-state index contributed by atoms with van der Waals surface area (Å²) in [6, 6.07) is 2.00. The molecule has 5 heteroatoms. The molecule has 0 radical (unpaired) electrons. The van der Waals surface area contributed by atoms with Gasteiger partial charge in [-0.25, -0.2) is 0 Å². The van der Waals surface area contributed by atoms with E-state index in [1.165, 1.54) is 0 Å². The summed E-state index contributed by atoms with van der Waals surface area (Å²) in [6.07, 6.45) is 1.12. The van der Waals surface area contributed by atoms with Crippen molar-refractivity contribution in [1.29, 1.82) is 0 Å². The van der Waals surface area contributed by atoms with Crippen LogP contribution in [0.15, 0.2) is 16.8 Å². The topological polar surface area (TPSA) is 41.1 Å². The normalized spacial score (nSPS) is 11.6. The van der Waals surface area contributed by atoms with Crippen molar-refractivity contribution in [1.82, 2.24) is 10.6 Å². The average molecular weight is 277 g/mol. The van der Waals surface area contributed by atoms with Crippen molar-refractivity contribution in [3.05, 3.63) is 22.4 Å². The van der Waals surface area contributed by atoms with Crippen LogP contribution in [0.2, 0.25) is 0 Å². The summed E-state index contributed by atoms with van der Waals surface area (Å²) in [7, 11) is 0. The van der Waals surface area contributed by atoms with Crippen LogP contribution in [0.4, 0.5) is 0 Å². The first kappa shape index (κ1) is 16.4. The van der Waals surface area contributed by atoms with Gasteiger partial charge >= 0.3 is 0 Å². The van der Waals surface area contributed by atoms with E-state index in [-0.39, 0.29) is 24.2 Å². The summed E-state index contributed by atoms with van der Waals surface area (Å²) in [5, 5.41) is 10.2. The van der Waals surface area contributed by atoms with Gasteiger partial charge in [-0.05, 0) is 42.3 Å². The van der Waals surface area contributed by atoms with Crippen molar-refractivity contribution in [3.63, 3.8) is 0 Å². The SMILES string of the molecule is CCCNCCNC(=O)C(C)c1ccsc1.Cl. The lowest BCUT2D eigenvalue weighted by atomic mass is 10.0. The minimum atomic E-state index is -0.0441. The Kier molecular flexibility index (Phi) is 9.13. The molecule has 1 atom stereocenters. The van der Waals surface area contributed by atoms with Gasteiger partial charge < -0.3 is 10.6 Å². The Morgan fingerprint density at radius 3 is 2.76 bits per heavy atom. The minimum Gasteiger partial charge on any atom is -0.354 e. The molecule has 1 aromatic heterocycles. The van der Waals surface area contributed by atoms with Gasteiger partial charge in [0.2, 0.25) is 5.91 Å². The maximum atomic E-state index is 11.7. The first-order valence-corrected chi connectivity index (χ1v) is 6.70. The van der Waals surface area contributed by atoms with E-state index in [1.807, 2.05) is 23.8 Å². The zero-order valence-corrected chi connectivity index (χ0v) is 12.0. The third-order valence-corrected chi connectivity index (χ3v) is 3.17. The second-order valence-electron chi connectivity index (χ2n) is 3.82. The smallest absolute Gasteiger partial charge is 0.227 e. The highest BCUT2D eigenvalue weighted by atomic mass is 35.5. The van der Waals surface area contributed by atoms with E-state index in [0.29, 0.717) is 6.54 Å². The zero-order valence-electron chi connectivity index (χ0n) is 10.4. The first-order valence-electron chi connectivity index (χ1n) is 5.76. The van der Waals surface area contributed by atoms with Crippen molar-refractivity contribution >= 4 is 29.7 Å². The van der Waals surface area contributed by atoms with Gasteiger partial charge in [-0.1, -0.05) is 6.92 Å². The molecular formula is C12H21ClN2OS. The van der Waals surface area contributed by atoms with Gasteiger partial charge in [0.25, 0.3) is 0 Å². The summed E-state index contributed by atoms with van der Waals surface area (Å²) >= 11 is 1.63. The van der Waals surface area contributed by atoms with Crippen LogP contribution in [0, 0.1) is 0 Å². The molecule has 0 aromatic carbocycles. The monoisotopic (exact) mass is 276 g/mol. The molecule has 0 bridgehead atoms. The molecule has 1 amide bonds. The van der Waals surface area contributed by atoms with Crippen molar-refractivity contribution < 1.29 is 4.79 Å². The van der Waals surface area contributed by atoms with E-state index in [2.05, 4.69) is 17.6 Å². The molecule has 0 aliphatic rings. The highest BCUT2D eigenvalue weighted by Crippen LogP contribution is 2.17. The third-order valence-electron chi connectivity index (χ3n) is 2.46. The molecule has 2 N–H and O–H groups in total. The number of carbonyl (C=O) groups is 1. The standard InChI is InChI=1S/C12H20N2OS.ClH/c1-3-5-13-6-7-14-12(15)10(2)11-4-8-16-9-11;/h4,8-10,13H,3,5-7H2,1-2H3,(H,14,15);1H. The van der Waals surface area contributed by atoms with E-state index in [9.17, 15) is 4.79 Å². The predicted molar refractivity (Wildman–Crippen MR) is 76.2 cm³/mol. The van der Waals surface area contributed by atoms with Gasteiger partial charge in [-0.3, -0.25) is 4.79 Å². The maximum Gasteiger partial charge on any atom is 0.227 e. The van der Waals surface area contributed by atoms with Gasteiger partial charge in [-0.2, -0.15) is 11.3 Å². The number of hydrogen-bond donors (Lipinski definition) is 2. The largest absolute Gasteiger partial charge is 0.354 e. The number of amides is 1.